The molecule has 0 bridgehead atoms. The van der Waals surface area contributed by atoms with E-state index in [1.54, 1.807) is 0 Å². The van der Waals surface area contributed by atoms with Crippen molar-refractivity contribution in [3.63, 3.8) is 0 Å². The summed E-state index contributed by atoms with van der Waals surface area (Å²) in [5.41, 5.74) is 1.47. The van der Waals surface area contributed by atoms with E-state index in [0.29, 0.717) is 12.0 Å². The number of aliphatic hydroxyl groups excluding tert-OH is 1. The van der Waals surface area contributed by atoms with Crippen molar-refractivity contribution in [3.05, 3.63) is 23.3 Å². The third-order valence-electron chi connectivity index (χ3n) is 6.74. The molecule has 158 valence electrons. The number of unbranched alkanes of at least 4 members (excludes halogenated alkanes) is 2. The van der Waals surface area contributed by atoms with Crippen LogP contribution in [0.4, 0.5) is 0 Å². The first kappa shape index (κ1) is 21.5. The van der Waals surface area contributed by atoms with E-state index in [-0.39, 0.29) is 11.4 Å². The summed E-state index contributed by atoms with van der Waals surface area (Å²) in [6.07, 6.45) is 18.1. The third kappa shape index (κ3) is 5.65. The van der Waals surface area contributed by atoms with Crippen molar-refractivity contribution >= 4 is 0 Å². The Kier molecular flexibility index (Phi) is 8.08. The Bertz CT molecular complexity index is 598. The van der Waals surface area contributed by atoms with Crippen LogP contribution >= 0.6 is 0 Å². The van der Waals surface area contributed by atoms with Crippen LogP contribution in [0.5, 0.6) is 11.5 Å². The summed E-state index contributed by atoms with van der Waals surface area (Å²) in [7, 11) is 0. The van der Waals surface area contributed by atoms with Gasteiger partial charge in [0.1, 0.15) is 17.1 Å². The van der Waals surface area contributed by atoms with E-state index in [1.807, 2.05) is 6.07 Å². The molecule has 3 heteroatoms. The van der Waals surface area contributed by atoms with E-state index >= 15 is 0 Å². The number of benzene rings is 1. The number of aryl methyl sites for hydroxylation is 1. The summed E-state index contributed by atoms with van der Waals surface area (Å²) >= 11 is 0. The number of aliphatic hydroxyl groups is 1. The highest BCUT2D eigenvalue weighted by Crippen LogP contribution is 2.48. The fraction of sp³-hybridized carbons (Fsp3) is 0.760. The van der Waals surface area contributed by atoms with Gasteiger partial charge in [-0.15, -0.1) is 0 Å². The Morgan fingerprint density at radius 1 is 0.929 bits per heavy atom. The predicted octanol–water partition coefficient (Wildman–Crippen LogP) is 6.98. The molecule has 0 amide bonds. The Balaban J connectivity index is 1.78. The molecule has 3 rings (SSSR count). The van der Waals surface area contributed by atoms with Crippen LogP contribution in [0, 0.1) is 0 Å². The van der Waals surface area contributed by atoms with Crippen molar-refractivity contribution in [2.45, 2.75) is 121 Å². The lowest BCUT2D eigenvalue weighted by Crippen LogP contribution is -2.41. The van der Waals surface area contributed by atoms with Gasteiger partial charge in [-0.2, -0.15) is 0 Å². The lowest BCUT2D eigenvalue weighted by atomic mass is 9.80. The fourth-order valence-electron chi connectivity index (χ4n) is 5.10. The standard InChI is InChI=1S/C25H40O3/c1-2-3-11-14-20-17-21(26)24-22(27)19-25(28-23(24)18-20)15-12-9-7-5-4-6-8-10-13-16-25/h17-18,22,26-27H,2-16,19H2,1H3. The van der Waals surface area contributed by atoms with Crippen molar-refractivity contribution in [1.29, 1.82) is 0 Å². The van der Waals surface area contributed by atoms with Gasteiger partial charge in [0.15, 0.2) is 0 Å². The van der Waals surface area contributed by atoms with Crippen LogP contribution < -0.4 is 4.74 Å². The first-order valence-electron chi connectivity index (χ1n) is 11.9. The summed E-state index contributed by atoms with van der Waals surface area (Å²) < 4.78 is 6.64. The fourth-order valence-corrected chi connectivity index (χ4v) is 5.10. The average molecular weight is 389 g/mol. The second-order valence-electron chi connectivity index (χ2n) is 9.17. The van der Waals surface area contributed by atoms with E-state index in [4.69, 9.17) is 4.74 Å². The van der Waals surface area contributed by atoms with Gasteiger partial charge in [-0.25, -0.2) is 0 Å². The minimum Gasteiger partial charge on any atom is -0.507 e. The number of phenolic OH excluding ortho intramolecular Hbond substituents is 1. The molecule has 3 nitrogen and oxygen atoms in total. The Hall–Kier alpha value is -1.22. The molecule has 1 atom stereocenters. The van der Waals surface area contributed by atoms with Crippen LogP contribution in [0.3, 0.4) is 0 Å². The number of ether oxygens (including phenoxy) is 1. The zero-order valence-corrected chi connectivity index (χ0v) is 17.8. The molecule has 1 saturated carbocycles. The van der Waals surface area contributed by atoms with Crippen LogP contribution in [0.2, 0.25) is 0 Å². The molecular formula is C25H40O3. The third-order valence-corrected chi connectivity index (χ3v) is 6.74. The molecule has 0 saturated heterocycles. The maximum absolute atomic E-state index is 10.9. The predicted molar refractivity (Wildman–Crippen MR) is 115 cm³/mol. The van der Waals surface area contributed by atoms with Crippen LogP contribution in [0.1, 0.15) is 120 Å². The van der Waals surface area contributed by atoms with E-state index in [9.17, 15) is 10.2 Å². The number of aromatic hydroxyl groups is 1. The van der Waals surface area contributed by atoms with Gasteiger partial charge in [0.05, 0.1) is 11.7 Å². The molecule has 1 spiro atoms. The van der Waals surface area contributed by atoms with Crippen molar-refractivity contribution in [2.75, 3.05) is 0 Å². The highest BCUT2D eigenvalue weighted by atomic mass is 16.5. The normalized spacial score (nSPS) is 23.3. The molecule has 2 N–H and O–H groups in total. The van der Waals surface area contributed by atoms with E-state index in [0.717, 1.165) is 37.0 Å². The molecule has 0 radical (unpaired) electrons. The zero-order valence-electron chi connectivity index (χ0n) is 17.8. The Labute approximate surface area is 171 Å². The smallest absolute Gasteiger partial charge is 0.129 e. The second kappa shape index (κ2) is 10.5. The zero-order chi connectivity index (χ0) is 19.8. The van der Waals surface area contributed by atoms with Crippen LogP contribution in [-0.2, 0) is 6.42 Å². The molecule has 1 aliphatic heterocycles. The summed E-state index contributed by atoms with van der Waals surface area (Å²) in [4.78, 5) is 0. The molecule has 28 heavy (non-hydrogen) atoms. The first-order chi connectivity index (χ1) is 13.6. The highest BCUT2D eigenvalue weighted by Gasteiger charge is 2.41. The number of rotatable bonds is 4. The minimum absolute atomic E-state index is 0.208. The van der Waals surface area contributed by atoms with Gasteiger partial charge in [-0.05, 0) is 56.2 Å². The number of hydrogen-bond donors (Lipinski definition) is 2. The molecular weight excluding hydrogens is 348 g/mol. The van der Waals surface area contributed by atoms with Crippen molar-refractivity contribution in [3.8, 4) is 11.5 Å². The summed E-state index contributed by atoms with van der Waals surface area (Å²) in [6, 6.07) is 3.92. The largest absolute Gasteiger partial charge is 0.507 e. The van der Waals surface area contributed by atoms with Gasteiger partial charge in [0, 0.05) is 6.42 Å². The lowest BCUT2D eigenvalue weighted by Gasteiger charge is -2.42. The van der Waals surface area contributed by atoms with Crippen LogP contribution in [0.15, 0.2) is 12.1 Å². The maximum Gasteiger partial charge on any atom is 0.129 e. The average Bonchev–Trinajstić information content (AvgIpc) is 2.64. The number of phenols is 1. The molecule has 1 heterocycles. The number of hydrogen-bond acceptors (Lipinski definition) is 3. The maximum atomic E-state index is 10.9. The van der Waals surface area contributed by atoms with Gasteiger partial charge in [0.25, 0.3) is 0 Å². The molecule has 1 aliphatic carbocycles. The SMILES string of the molecule is CCCCCc1cc(O)c2c(c1)OC1(CCCCCCCCCCC1)CC2O. The summed E-state index contributed by atoms with van der Waals surface area (Å²) in [6.45, 7) is 2.21. The van der Waals surface area contributed by atoms with Crippen LogP contribution in [0.25, 0.3) is 0 Å². The van der Waals surface area contributed by atoms with Gasteiger partial charge in [-0.3, -0.25) is 0 Å². The topological polar surface area (TPSA) is 49.7 Å². The van der Waals surface area contributed by atoms with Crippen LogP contribution in [-0.4, -0.2) is 15.8 Å². The van der Waals surface area contributed by atoms with Crippen molar-refractivity contribution in [1.82, 2.24) is 0 Å². The highest BCUT2D eigenvalue weighted by molar-refractivity contribution is 5.50. The van der Waals surface area contributed by atoms with Gasteiger partial charge in [0.2, 0.25) is 0 Å². The number of fused-ring (bicyclic) bond motifs is 1. The molecule has 1 aromatic carbocycles. The van der Waals surface area contributed by atoms with Gasteiger partial charge in [-0.1, -0.05) is 64.7 Å². The molecule has 1 unspecified atom stereocenters. The van der Waals surface area contributed by atoms with E-state index in [1.165, 1.54) is 70.6 Å². The van der Waals surface area contributed by atoms with Gasteiger partial charge < -0.3 is 14.9 Å². The Morgan fingerprint density at radius 2 is 1.54 bits per heavy atom. The molecule has 1 fully saturated rings. The quantitative estimate of drug-likeness (QED) is 0.547. The Morgan fingerprint density at radius 3 is 2.14 bits per heavy atom. The summed E-state index contributed by atoms with van der Waals surface area (Å²) in [5, 5.41) is 21.5. The lowest BCUT2D eigenvalue weighted by molar-refractivity contribution is -0.0302. The van der Waals surface area contributed by atoms with E-state index < -0.39 is 6.10 Å². The second-order valence-corrected chi connectivity index (χ2v) is 9.17. The van der Waals surface area contributed by atoms with Crippen molar-refractivity contribution < 1.29 is 14.9 Å². The van der Waals surface area contributed by atoms with Gasteiger partial charge >= 0.3 is 0 Å². The monoisotopic (exact) mass is 388 g/mol. The molecule has 1 aromatic rings. The minimum atomic E-state index is -0.624. The molecule has 2 aliphatic rings. The molecule has 0 aromatic heterocycles. The first-order valence-corrected chi connectivity index (χ1v) is 11.9. The van der Waals surface area contributed by atoms with E-state index in [2.05, 4.69) is 13.0 Å². The summed E-state index contributed by atoms with van der Waals surface area (Å²) in [5.74, 6) is 0.942. The van der Waals surface area contributed by atoms with Crippen molar-refractivity contribution in [2.24, 2.45) is 0 Å².